The van der Waals surface area contributed by atoms with Crippen LogP contribution in [-0.4, -0.2) is 38.7 Å². The number of benzene rings is 2. The van der Waals surface area contributed by atoms with Crippen molar-refractivity contribution < 1.29 is 19.5 Å². The number of carboxylic acid groups (broad SMARTS) is 1. The number of aromatic carboxylic acids is 1. The van der Waals surface area contributed by atoms with E-state index in [0.29, 0.717) is 9.23 Å². The Morgan fingerprint density at radius 2 is 1.87 bits per heavy atom. The number of para-hydroxylation sites is 1. The van der Waals surface area contributed by atoms with E-state index in [0.717, 1.165) is 12.0 Å². The van der Waals surface area contributed by atoms with Crippen molar-refractivity contribution in [3.05, 3.63) is 70.1 Å². The van der Waals surface area contributed by atoms with Gasteiger partial charge in [-0.15, -0.1) is 0 Å². The number of hydrogen-bond acceptors (Lipinski definition) is 5. The van der Waals surface area contributed by atoms with Crippen LogP contribution in [0.1, 0.15) is 34.8 Å². The van der Waals surface area contributed by atoms with Crippen molar-refractivity contribution in [2.24, 2.45) is 0 Å². The molecule has 0 bridgehead atoms. The highest BCUT2D eigenvalue weighted by molar-refractivity contribution is 8.26. The molecule has 1 fully saturated rings. The predicted molar refractivity (Wildman–Crippen MR) is 122 cm³/mol. The van der Waals surface area contributed by atoms with Crippen molar-refractivity contribution in [2.75, 3.05) is 11.9 Å². The quantitative estimate of drug-likeness (QED) is 0.496. The van der Waals surface area contributed by atoms with E-state index in [9.17, 15) is 19.5 Å². The van der Waals surface area contributed by atoms with Crippen LogP contribution in [0.4, 0.5) is 5.69 Å². The minimum absolute atomic E-state index is 0.00112. The number of thiocarbonyl (C=S) groups is 1. The molecule has 0 aromatic heterocycles. The van der Waals surface area contributed by atoms with Crippen LogP contribution < -0.4 is 5.32 Å². The molecule has 0 spiro atoms. The molecule has 2 amide bonds. The fourth-order valence-electron chi connectivity index (χ4n) is 2.90. The highest BCUT2D eigenvalue weighted by atomic mass is 32.2. The third kappa shape index (κ3) is 5.14. The molecule has 1 aliphatic heterocycles. The summed E-state index contributed by atoms with van der Waals surface area (Å²) in [6.45, 7) is 2.20. The molecule has 3 rings (SSSR count). The lowest BCUT2D eigenvalue weighted by molar-refractivity contribution is -0.122. The maximum atomic E-state index is 12.7. The van der Waals surface area contributed by atoms with Crippen LogP contribution in [0, 0.1) is 0 Å². The summed E-state index contributed by atoms with van der Waals surface area (Å²) in [6, 6.07) is 14.1. The zero-order valence-electron chi connectivity index (χ0n) is 16.3. The second-order valence-corrected chi connectivity index (χ2v) is 8.25. The summed E-state index contributed by atoms with van der Waals surface area (Å²) in [7, 11) is 0. The number of amides is 2. The number of aryl methyl sites for hydroxylation is 1. The van der Waals surface area contributed by atoms with Gasteiger partial charge < -0.3 is 10.4 Å². The molecule has 1 saturated heterocycles. The molecular weight excluding hydrogens is 420 g/mol. The van der Waals surface area contributed by atoms with Crippen molar-refractivity contribution in [3.8, 4) is 0 Å². The zero-order valence-corrected chi connectivity index (χ0v) is 17.9. The molecule has 0 atom stereocenters. The molecule has 0 unspecified atom stereocenters. The van der Waals surface area contributed by atoms with Crippen LogP contribution in [0.25, 0.3) is 6.08 Å². The fraction of sp³-hybridized carbons (Fsp3) is 0.182. The number of carbonyl (C=O) groups is 3. The normalized spacial score (nSPS) is 15.0. The van der Waals surface area contributed by atoms with E-state index in [2.05, 4.69) is 12.2 Å². The fourth-order valence-corrected chi connectivity index (χ4v) is 4.21. The van der Waals surface area contributed by atoms with Crippen LogP contribution >= 0.6 is 24.0 Å². The molecule has 2 aromatic rings. The van der Waals surface area contributed by atoms with Gasteiger partial charge in [-0.3, -0.25) is 14.5 Å². The van der Waals surface area contributed by atoms with Gasteiger partial charge in [0.05, 0.1) is 16.2 Å². The minimum atomic E-state index is -1.13. The SMILES string of the molecule is CCc1ccc(C=C2SC(=S)N(CCC(=O)Nc3ccccc3C(=O)O)C2=O)cc1. The Morgan fingerprint density at radius 3 is 2.53 bits per heavy atom. The minimum Gasteiger partial charge on any atom is -0.478 e. The Morgan fingerprint density at radius 1 is 1.17 bits per heavy atom. The summed E-state index contributed by atoms with van der Waals surface area (Å²) in [5.41, 5.74) is 2.36. The molecule has 0 aliphatic carbocycles. The van der Waals surface area contributed by atoms with E-state index in [1.165, 1.54) is 34.4 Å². The van der Waals surface area contributed by atoms with Gasteiger partial charge in [-0.05, 0) is 35.8 Å². The zero-order chi connectivity index (χ0) is 21.7. The van der Waals surface area contributed by atoms with Gasteiger partial charge in [0.15, 0.2) is 0 Å². The monoisotopic (exact) mass is 440 g/mol. The van der Waals surface area contributed by atoms with Crippen molar-refractivity contribution in [3.63, 3.8) is 0 Å². The van der Waals surface area contributed by atoms with Crippen LogP contribution in [0.3, 0.4) is 0 Å². The Labute approximate surface area is 184 Å². The van der Waals surface area contributed by atoms with Gasteiger partial charge in [0, 0.05) is 13.0 Å². The Bertz CT molecular complexity index is 1030. The van der Waals surface area contributed by atoms with Gasteiger partial charge in [-0.1, -0.05) is 67.3 Å². The van der Waals surface area contributed by atoms with Gasteiger partial charge in [0.25, 0.3) is 5.91 Å². The number of nitrogens with zero attached hydrogens (tertiary/aromatic N) is 1. The summed E-state index contributed by atoms with van der Waals surface area (Å²) in [6.07, 6.45) is 2.74. The smallest absolute Gasteiger partial charge is 0.337 e. The number of thioether (sulfide) groups is 1. The average molecular weight is 441 g/mol. The number of anilines is 1. The van der Waals surface area contributed by atoms with Crippen LogP contribution in [0.5, 0.6) is 0 Å². The van der Waals surface area contributed by atoms with Gasteiger partial charge in [0.1, 0.15) is 4.32 Å². The first kappa shape index (κ1) is 21.7. The molecule has 1 aliphatic rings. The molecular formula is C22H20N2O4S2. The van der Waals surface area contributed by atoms with Crippen molar-refractivity contribution >= 4 is 57.8 Å². The van der Waals surface area contributed by atoms with E-state index in [1.807, 2.05) is 24.3 Å². The molecule has 30 heavy (non-hydrogen) atoms. The number of carboxylic acids is 1. The third-order valence-electron chi connectivity index (χ3n) is 4.55. The standard InChI is InChI=1S/C22H20N2O4S2/c1-2-14-7-9-15(10-8-14)13-18-20(26)24(22(29)30-18)12-11-19(25)23-17-6-4-3-5-16(17)21(27)28/h3-10,13H,2,11-12H2,1H3,(H,23,25)(H,27,28). The number of rotatable bonds is 7. The van der Waals surface area contributed by atoms with Crippen molar-refractivity contribution in [2.45, 2.75) is 19.8 Å². The average Bonchev–Trinajstić information content (AvgIpc) is 2.99. The lowest BCUT2D eigenvalue weighted by Crippen LogP contribution is -2.31. The molecule has 2 aromatic carbocycles. The first-order valence-electron chi connectivity index (χ1n) is 9.35. The second kappa shape index (κ2) is 9.69. The van der Waals surface area contributed by atoms with E-state index in [4.69, 9.17) is 12.2 Å². The first-order chi connectivity index (χ1) is 14.4. The lowest BCUT2D eigenvalue weighted by Gasteiger charge is -2.14. The van der Waals surface area contributed by atoms with E-state index in [-0.39, 0.29) is 30.1 Å². The molecule has 8 heteroatoms. The van der Waals surface area contributed by atoms with Gasteiger partial charge in [-0.2, -0.15) is 0 Å². The largest absolute Gasteiger partial charge is 0.478 e. The highest BCUT2D eigenvalue weighted by Crippen LogP contribution is 2.32. The van der Waals surface area contributed by atoms with Gasteiger partial charge in [-0.25, -0.2) is 4.79 Å². The molecule has 154 valence electrons. The summed E-state index contributed by atoms with van der Waals surface area (Å²) in [5, 5.41) is 11.8. The maximum absolute atomic E-state index is 12.7. The lowest BCUT2D eigenvalue weighted by atomic mass is 10.1. The number of carbonyl (C=O) groups excluding carboxylic acids is 2. The van der Waals surface area contributed by atoms with Crippen molar-refractivity contribution in [1.82, 2.24) is 4.90 Å². The Kier molecular flexibility index (Phi) is 7.02. The third-order valence-corrected chi connectivity index (χ3v) is 5.93. The molecule has 2 N–H and O–H groups in total. The summed E-state index contributed by atoms with van der Waals surface area (Å²) < 4.78 is 0.398. The molecule has 1 heterocycles. The predicted octanol–water partition coefficient (Wildman–Crippen LogP) is 4.18. The number of nitrogens with one attached hydrogen (secondary N) is 1. The van der Waals surface area contributed by atoms with Crippen LogP contribution in [0.15, 0.2) is 53.4 Å². The van der Waals surface area contributed by atoms with Crippen LogP contribution in [0.2, 0.25) is 0 Å². The summed E-state index contributed by atoms with van der Waals surface area (Å²) in [5.74, 6) is -1.75. The first-order valence-corrected chi connectivity index (χ1v) is 10.6. The van der Waals surface area contributed by atoms with Crippen LogP contribution in [-0.2, 0) is 16.0 Å². The topological polar surface area (TPSA) is 86.7 Å². The molecule has 0 radical (unpaired) electrons. The summed E-state index contributed by atoms with van der Waals surface area (Å²) in [4.78, 5) is 38.1. The summed E-state index contributed by atoms with van der Waals surface area (Å²) >= 11 is 6.51. The van der Waals surface area contributed by atoms with Gasteiger partial charge in [0.2, 0.25) is 5.91 Å². The number of hydrogen-bond donors (Lipinski definition) is 2. The Hall–Kier alpha value is -2.97. The van der Waals surface area contributed by atoms with E-state index in [1.54, 1.807) is 18.2 Å². The maximum Gasteiger partial charge on any atom is 0.337 e. The highest BCUT2D eigenvalue weighted by Gasteiger charge is 2.32. The van der Waals surface area contributed by atoms with Gasteiger partial charge >= 0.3 is 5.97 Å². The molecule has 0 saturated carbocycles. The van der Waals surface area contributed by atoms with E-state index < -0.39 is 11.9 Å². The molecule has 6 nitrogen and oxygen atoms in total. The second-order valence-electron chi connectivity index (χ2n) is 6.58. The Balaban J connectivity index is 1.62. The van der Waals surface area contributed by atoms with E-state index >= 15 is 0 Å². The van der Waals surface area contributed by atoms with Crippen molar-refractivity contribution in [1.29, 1.82) is 0 Å².